The van der Waals surface area contributed by atoms with Crippen molar-refractivity contribution in [2.45, 2.75) is 26.9 Å². The van der Waals surface area contributed by atoms with Crippen molar-refractivity contribution in [3.05, 3.63) is 52.0 Å². The molecule has 2 aromatic carbocycles. The number of carbonyl (C=O) groups is 2. The molecule has 6 nitrogen and oxygen atoms in total. The Bertz CT molecular complexity index is 880. The molecule has 0 fully saturated rings. The number of benzene rings is 2. The molecule has 1 unspecified atom stereocenters. The number of halogens is 1. The van der Waals surface area contributed by atoms with Crippen LogP contribution in [0, 0.1) is 13.8 Å². The number of fused-ring (bicyclic) bond motifs is 1. The van der Waals surface area contributed by atoms with Crippen LogP contribution in [0.2, 0.25) is 5.02 Å². The van der Waals surface area contributed by atoms with Gasteiger partial charge in [0.05, 0.1) is 10.6 Å². The van der Waals surface area contributed by atoms with Crippen LogP contribution >= 0.6 is 11.6 Å². The van der Waals surface area contributed by atoms with Crippen molar-refractivity contribution < 1.29 is 23.8 Å². The minimum atomic E-state index is -0.979. The summed E-state index contributed by atoms with van der Waals surface area (Å²) in [4.78, 5) is 24.6. The first-order valence-corrected chi connectivity index (χ1v) is 8.41. The molecule has 0 saturated heterocycles. The Morgan fingerprint density at radius 2 is 1.96 bits per heavy atom. The lowest BCUT2D eigenvalue weighted by molar-refractivity contribution is -0.123. The zero-order valence-electron chi connectivity index (χ0n) is 14.6. The first kappa shape index (κ1) is 18.1. The van der Waals surface area contributed by atoms with Crippen LogP contribution in [0.25, 0.3) is 0 Å². The molecule has 1 N–H and O–H groups in total. The summed E-state index contributed by atoms with van der Waals surface area (Å²) < 4.78 is 15.7. The average molecular weight is 376 g/mol. The van der Waals surface area contributed by atoms with E-state index in [0.29, 0.717) is 17.2 Å². The van der Waals surface area contributed by atoms with Crippen LogP contribution in [-0.2, 0) is 9.53 Å². The maximum absolute atomic E-state index is 12.3. The molecule has 0 aliphatic carbocycles. The second-order valence-electron chi connectivity index (χ2n) is 6.05. The largest absolute Gasteiger partial charge is 0.454 e. The highest BCUT2D eigenvalue weighted by molar-refractivity contribution is 6.32. The van der Waals surface area contributed by atoms with Crippen LogP contribution < -0.4 is 14.8 Å². The van der Waals surface area contributed by atoms with E-state index in [1.54, 1.807) is 0 Å². The van der Waals surface area contributed by atoms with E-state index in [0.717, 1.165) is 11.1 Å². The first-order chi connectivity index (χ1) is 12.3. The third-order valence-electron chi connectivity index (χ3n) is 3.96. The number of esters is 1. The molecular formula is C19H18ClNO5. The predicted octanol–water partition coefficient (Wildman–Crippen LogP) is 3.87. The van der Waals surface area contributed by atoms with Crippen molar-refractivity contribution >= 4 is 29.2 Å². The molecular weight excluding hydrogens is 358 g/mol. The lowest BCUT2D eigenvalue weighted by Gasteiger charge is -2.15. The summed E-state index contributed by atoms with van der Waals surface area (Å²) in [7, 11) is 0. The number of ether oxygens (including phenoxy) is 3. The fourth-order valence-corrected chi connectivity index (χ4v) is 2.82. The molecule has 1 heterocycles. The molecule has 26 heavy (non-hydrogen) atoms. The van der Waals surface area contributed by atoms with E-state index < -0.39 is 18.0 Å². The molecule has 0 saturated carbocycles. The van der Waals surface area contributed by atoms with Gasteiger partial charge in [0.25, 0.3) is 5.91 Å². The molecule has 0 bridgehead atoms. The second kappa shape index (κ2) is 7.25. The van der Waals surface area contributed by atoms with Gasteiger partial charge in [-0.1, -0.05) is 29.3 Å². The minimum Gasteiger partial charge on any atom is -0.454 e. The lowest BCUT2D eigenvalue weighted by atomic mass is 10.1. The summed E-state index contributed by atoms with van der Waals surface area (Å²) >= 11 is 6.06. The van der Waals surface area contributed by atoms with Crippen LogP contribution in [0.15, 0.2) is 30.3 Å². The molecule has 1 amide bonds. The summed E-state index contributed by atoms with van der Waals surface area (Å²) in [6, 6.07) is 8.57. The van der Waals surface area contributed by atoms with Crippen LogP contribution in [0.1, 0.15) is 28.4 Å². The molecule has 136 valence electrons. The molecule has 2 aromatic rings. The Hall–Kier alpha value is -2.73. The molecule has 0 aromatic heterocycles. The highest BCUT2D eigenvalue weighted by atomic mass is 35.5. The zero-order chi connectivity index (χ0) is 18.8. The highest BCUT2D eigenvalue weighted by Crippen LogP contribution is 2.39. The summed E-state index contributed by atoms with van der Waals surface area (Å²) in [5.41, 5.74) is 2.89. The van der Waals surface area contributed by atoms with Gasteiger partial charge in [0.2, 0.25) is 6.79 Å². The SMILES string of the molecule is Cc1ccc(NC(=O)C(C)OC(=O)c2cc(Cl)c3c(c2)OCO3)c(C)c1. The van der Waals surface area contributed by atoms with Crippen molar-refractivity contribution in [3.8, 4) is 11.5 Å². The summed E-state index contributed by atoms with van der Waals surface area (Å²) in [6.45, 7) is 5.42. The Morgan fingerprint density at radius 3 is 2.69 bits per heavy atom. The number of anilines is 1. The number of rotatable bonds is 4. The Labute approximate surface area is 156 Å². The van der Waals surface area contributed by atoms with E-state index in [-0.39, 0.29) is 17.4 Å². The van der Waals surface area contributed by atoms with Gasteiger partial charge < -0.3 is 19.5 Å². The topological polar surface area (TPSA) is 73.9 Å². The van der Waals surface area contributed by atoms with Gasteiger partial charge in [-0.3, -0.25) is 4.79 Å². The van der Waals surface area contributed by atoms with Gasteiger partial charge in [0.15, 0.2) is 17.6 Å². The van der Waals surface area contributed by atoms with Crippen LogP contribution in [-0.4, -0.2) is 24.8 Å². The van der Waals surface area contributed by atoms with Gasteiger partial charge in [-0.05, 0) is 44.5 Å². The smallest absolute Gasteiger partial charge is 0.339 e. The standard InChI is InChI=1S/C19H18ClNO5/c1-10-4-5-15(11(2)6-10)21-18(22)12(3)26-19(23)13-7-14(20)17-16(8-13)24-9-25-17/h4-8,12H,9H2,1-3H3,(H,21,22). The average Bonchev–Trinajstić information content (AvgIpc) is 3.06. The van der Waals surface area contributed by atoms with Crippen LogP contribution in [0.5, 0.6) is 11.5 Å². The molecule has 1 aliphatic heterocycles. The number of hydrogen-bond acceptors (Lipinski definition) is 5. The number of hydrogen-bond donors (Lipinski definition) is 1. The van der Waals surface area contributed by atoms with E-state index in [4.69, 9.17) is 25.8 Å². The lowest BCUT2D eigenvalue weighted by Crippen LogP contribution is -2.30. The summed E-state index contributed by atoms with van der Waals surface area (Å²) in [6.07, 6.45) is -0.979. The molecule has 0 spiro atoms. The zero-order valence-corrected chi connectivity index (χ0v) is 15.3. The normalized spacial score (nSPS) is 13.2. The van der Waals surface area contributed by atoms with Crippen molar-refractivity contribution in [2.75, 3.05) is 12.1 Å². The fourth-order valence-electron chi connectivity index (χ4n) is 2.56. The van der Waals surface area contributed by atoms with E-state index >= 15 is 0 Å². The van der Waals surface area contributed by atoms with Crippen molar-refractivity contribution in [2.24, 2.45) is 0 Å². The second-order valence-corrected chi connectivity index (χ2v) is 6.45. The predicted molar refractivity (Wildman–Crippen MR) is 97.0 cm³/mol. The third-order valence-corrected chi connectivity index (χ3v) is 4.24. The Morgan fingerprint density at radius 1 is 1.19 bits per heavy atom. The van der Waals surface area contributed by atoms with Gasteiger partial charge in [-0.15, -0.1) is 0 Å². The van der Waals surface area contributed by atoms with Gasteiger partial charge >= 0.3 is 5.97 Å². The number of nitrogens with one attached hydrogen (secondary N) is 1. The molecule has 1 aliphatic rings. The monoisotopic (exact) mass is 375 g/mol. The van der Waals surface area contributed by atoms with Gasteiger partial charge in [-0.2, -0.15) is 0 Å². The maximum atomic E-state index is 12.3. The van der Waals surface area contributed by atoms with Gasteiger partial charge in [-0.25, -0.2) is 4.79 Å². The van der Waals surface area contributed by atoms with E-state index in [2.05, 4.69) is 5.32 Å². The number of amides is 1. The molecule has 3 rings (SSSR count). The van der Waals surface area contributed by atoms with Crippen molar-refractivity contribution in [1.82, 2.24) is 0 Å². The quantitative estimate of drug-likeness (QED) is 0.821. The number of aryl methyl sites for hydroxylation is 2. The van der Waals surface area contributed by atoms with Crippen molar-refractivity contribution in [1.29, 1.82) is 0 Å². The first-order valence-electron chi connectivity index (χ1n) is 8.03. The Balaban J connectivity index is 1.67. The van der Waals surface area contributed by atoms with Crippen LogP contribution in [0.4, 0.5) is 5.69 Å². The highest BCUT2D eigenvalue weighted by Gasteiger charge is 2.24. The maximum Gasteiger partial charge on any atom is 0.339 e. The molecule has 0 radical (unpaired) electrons. The number of carbonyl (C=O) groups excluding carboxylic acids is 2. The van der Waals surface area contributed by atoms with E-state index in [1.165, 1.54) is 19.1 Å². The fraction of sp³-hybridized carbons (Fsp3) is 0.263. The summed E-state index contributed by atoms with van der Waals surface area (Å²) in [5.74, 6) is -0.327. The van der Waals surface area contributed by atoms with Crippen molar-refractivity contribution in [3.63, 3.8) is 0 Å². The molecule has 7 heteroatoms. The van der Waals surface area contributed by atoms with Crippen LogP contribution in [0.3, 0.4) is 0 Å². The van der Waals surface area contributed by atoms with E-state index in [9.17, 15) is 9.59 Å². The van der Waals surface area contributed by atoms with Gasteiger partial charge in [0, 0.05) is 5.69 Å². The van der Waals surface area contributed by atoms with E-state index in [1.807, 2.05) is 32.0 Å². The third kappa shape index (κ3) is 3.75. The molecule has 1 atom stereocenters. The van der Waals surface area contributed by atoms with Gasteiger partial charge in [0.1, 0.15) is 0 Å². The summed E-state index contributed by atoms with van der Waals surface area (Å²) in [5, 5.41) is 3.01. The Kier molecular flexibility index (Phi) is 5.04. The minimum absolute atomic E-state index is 0.0439.